The van der Waals surface area contributed by atoms with E-state index < -0.39 is 12.0 Å². The minimum Gasteiger partial charge on any atom is -0.482 e. The van der Waals surface area contributed by atoms with Gasteiger partial charge < -0.3 is 10.1 Å². The lowest BCUT2D eigenvalue weighted by Gasteiger charge is -2.31. The van der Waals surface area contributed by atoms with E-state index in [1.807, 2.05) is 19.9 Å². The third-order valence-corrected chi connectivity index (χ3v) is 3.04. The third kappa shape index (κ3) is 2.96. The van der Waals surface area contributed by atoms with E-state index in [0.717, 1.165) is 5.69 Å². The zero-order valence-electron chi connectivity index (χ0n) is 10.6. The van der Waals surface area contributed by atoms with Crippen molar-refractivity contribution in [3.05, 3.63) is 24.0 Å². The van der Waals surface area contributed by atoms with Crippen LogP contribution in [0.25, 0.3) is 0 Å². The molecular weight excluding hydrogens is 238 g/mol. The Labute approximate surface area is 106 Å². The maximum absolute atomic E-state index is 13.6. The van der Waals surface area contributed by atoms with Gasteiger partial charge in [-0.1, -0.05) is 13.8 Å². The molecule has 1 aliphatic rings. The minimum atomic E-state index is -2.82. The number of nitrogens with one attached hydrogen (secondary N) is 1. The number of piperidine rings is 1. The van der Waals surface area contributed by atoms with E-state index in [2.05, 4.69) is 10.3 Å². The lowest BCUT2D eigenvalue weighted by molar-refractivity contribution is -0.109. The van der Waals surface area contributed by atoms with Gasteiger partial charge in [0, 0.05) is 12.1 Å². The Bertz CT molecular complexity index is 392. The van der Waals surface area contributed by atoms with E-state index in [9.17, 15) is 8.78 Å². The monoisotopic (exact) mass is 256 g/mol. The second-order valence-corrected chi connectivity index (χ2v) is 4.91. The van der Waals surface area contributed by atoms with Crippen molar-refractivity contribution in [3.63, 3.8) is 0 Å². The van der Waals surface area contributed by atoms with E-state index in [0.29, 0.717) is 24.6 Å². The smallest absolute Gasteiger partial charge is 0.296 e. The maximum atomic E-state index is 13.6. The number of halogens is 2. The summed E-state index contributed by atoms with van der Waals surface area (Å²) in [7, 11) is 0. The zero-order chi connectivity index (χ0) is 13.2. The van der Waals surface area contributed by atoms with Crippen LogP contribution in [-0.4, -0.2) is 30.1 Å². The summed E-state index contributed by atoms with van der Waals surface area (Å²) in [5.74, 6) is -2.10. The third-order valence-electron chi connectivity index (χ3n) is 3.04. The molecule has 0 bridgehead atoms. The molecule has 100 valence electrons. The molecule has 2 rings (SSSR count). The standard InChI is InChI=1S/C13H18F2N2O/c1-9(2)11-4-3-10(7-17-11)18-12-5-6-16-8-13(12,14)15/h3-4,7,9,12,16H,5-6,8H2,1-2H3. The average molecular weight is 256 g/mol. The zero-order valence-corrected chi connectivity index (χ0v) is 10.6. The van der Waals surface area contributed by atoms with E-state index in [4.69, 9.17) is 4.74 Å². The van der Waals surface area contributed by atoms with Crippen LogP contribution in [0, 0.1) is 0 Å². The molecule has 1 atom stereocenters. The molecule has 0 aromatic carbocycles. The summed E-state index contributed by atoms with van der Waals surface area (Å²) >= 11 is 0. The summed E-state index contributed by atoms with van der Waals surface area (Å²) in [5, 5.41) is 2.67. The Morgan fingerprint density at radius 2 is 2.22 bits per heavy atom. The van der Waals surface area contributed by atoms with Gasteiger partial charge >= 0.3 is 0 Å². The number of ether oxygens (including phenoxy) is 1. The molecule has 0 spiro atoms. The van der Waals surface area contributed by atoms with Crippen LogP contribution in [0.1, 0.15) is 31.9 Å². The van der Waals surface area contributed by atoms with Gasteiger partial charge in [0.1, 0.15) is 5.75 Å². The topological polar surface area (TPSA) is 34.1 Å². The maximum Gasteiger partial charge on any atom is 0.296 e. The number of aromatic nitrogens is 1. The summed E-state index contributed by atoms with van der Waals surface area (Å²) in [4.78, 5) is 4.21. The summed E-state index contributed by atoms with van der Waals surface area (Å²) in [6.45, 7) is 4.29. The first-order valence-electron chi connectivity index (χ1n) is 6.20. The van der Waals surface area contributed by atoms with Crippen LogP contribution in [0.15, 0.2) is 18.3 Å². The van der Waals surface area contributed by atoms with Crippen molar-refractivity contribution in [2.45, 2.75) is 38.2 Å². The average Bonchev–Trinajstić information content (AvgIpc) is 2.32. The van der Waals surface area contributed by atoms with Gasteiger partial charge in [-0.25, -0.2) is 8.78 Å². The van der Waals surface area contributed by atoms with E-state index >= 15 is 0 Å². The largest absolute Gasteiger partial charge is 0.482 e. The van der Waals surface area contributed by atoms with Gasteiger partial charge in [-0.15, -0.1) is 0 Å². The fraction of sp³-hybridized carbons (Fsp3) is 0.615. The number of nitrogens with zero attached hydrogens (tertiary/aromatic N) is 1. The van der Waals surface area contributed by atoms with Crippen LogP contribution >= 0.6 is 0 Å². The van der Waals surface area contributed by atoms with Gasteiger partial charge in [-0.2, -0.15) is 0 Å². The van der Waals surface area contributed by atoms with Crippen LogP contribution in [0.3, 0.4) is 0 Å². The fourth-order valence-corrected chi connectivity index (χ4v) is 1.93. The predicted octanol–water partition coefficient (Wildman–Crippen LogP) is 2.58. The SMILES string of the molecule is CC(C)c1ccc(OC2CCNCC2(F)F)cn1. The number of rotatable bonds is 3. The molecule has 1 N–H and O–H groups in total. The highest BCUT2D eigenvalue weighted by Gasteiger charge is 2.43. The molecule has 1 fully saturated rings. The summed E-state index contributed by atoms with van der Waals surface area (Å²) in [6, 6.07) is 3.53. The molecule has 1 aliphatic heterocycles. The second kappa shape index (κ2) is 5.18. The number of hydrogen-bond donors (Lipinski definition) is 1. The minimum absolute atomic E-state index is 0.304. The van der Waals surface area contributed by atoms with Gasteiger partial charge in [0.2, 0.25) is 0 Å². The molecule has 5 heteroatoms. The molecule has 0 aliphatic carbocycles. The van der Waals surface area contributed by atoms with Gasteiger partial charge in [0.15, 0.2) is 6.10 Å². The van der Waals surface area contributed by atoms with Crippen LogP contribution in [0.4, 0.5) is 8.78 Å². The highest BCUT2D eigenvalue weighted by atomic mass is 19.3. The number of alkyl halides is 2. The lowest BCUT2D eigenvalue weighted by atomic mass is 10.1. The van der Waals surface area contributed by atoms with Gasteiger partial charge in [-0.05, 0) is 24.6 Å². The van der Waals surface area contributed by atoms with E-state index in [1.165, 1.54) is 6.20 Å². The van der Waals surface area contributed by atoms with E-state index in [1.54, 1.807) is 6.07 Å². The summed E-state index contributed by atoms with van der Waals surface area (Å²) in [6.07, 6.45) is 0.761. The first-order chi connectivity index (χ1) is 8.49. The molecule has 2 heterocycles. The summed E-state index contributed by atoms with van der Waals surface area (Å²) < 4.78 is 32.5. The van der Waals surface area contributed by atoms with Crippen LogP contribution < -0.4 is 10.1 Å². The molecule has 0 amide bonds. The molecular formula is C13H18F2N2O. The van der Waals surface area contributed by atoms with E-state index in [-0.39, 0.29) is 6.54 Å². The first kappa shape index (κ1) is 13.2. The molecule has 18 heavy (non-hydrogen) atoms. The number of pyridine rings is 1. The van der Waals surface area contributed by atoms with Crippen molar-refractivity contribution in [2.75, 3.05) is 13.1 Å². The second-order valence-electron chi connectivity index (χ2n) is 4.91. The molecule has 0 saturated carbocycles. The number of hydrogen-bond acceptors (Lipinski definition) is 3. The van der Waals surface area contributed by atoms with Crippen molar-refractivity contribution in [2.24, 2.45) is 0 Å². The summed E-state index contributed by atoms with van der Waals surface area (Å²) in [5.41, 5.74) is 0.930. The Balaban J connectivity index is 2.04. The molecule has 1 unspecified atom stereocenters. The molecule has 1 aromatic heterocycles. The highest BCUT2D eigenvalue weighted by molar-refractivity contribution is 5.22. The van der Waals surface area contributed by atoms with Crippen molar-refractivity contribution < 1.29 is 13.5 Å². The Kier molecular flexibility index (Phi) is 3.80. The Morgan fingerprint density at radius 3 is 2.78 bits per heavy atom. The molecule has 0 radical (unpaired) electrons. The van der Waals surface area contributed by atoms with Crippen molar-refractivity contribution in [1.29, 1.82) is 0 Å². The first-order valence-corrected chi connectivity index (χ1v) is 6.20. The lowest BCUT2D eigenvalue weighted by Crippen LogP contribution is -2.52. The van der Waals surface area contributed by atoms with Gasteiger partial charge in [-0.3, -0.25) is 4.98 Å². The van der Waals surface area contributed by atoms with Crippen LogP contribution in [-0.2, 0) is 0 Å². The quantitative estimate of drug-likeness (QED) is 0.902. The van der Waals surface area contributed by atoms with Crippen LogP contribution in [0.2, 0.25) is 0 Å². The van der Waals surface area contributed by atoms with Crippen molar-refractivity contribution >= 4 is 0 Å². The fourth-order valence-electron chi connectivity index (χ4n) is 1.93. The van der Waals surface area contributed by atoms with Crippen molar-refractivity contribution in [1.82, 2.24) is 10.3 Å². The highest BCUT2D eigenvalue weighted by Crippen LogP contribution is 2.28. The normalized spacial score (nSPS) is 23.1. The molecule has 3 nitrogen and oxygen atoms in total. The van der Waals surface area contributed by atoms with Gasteiger partial charge in [0.25, 0.3) is 5.92 Å². The Hall–Kier alpha value is -1.23. The molecule has 1 saturated heterocycles. The van der Waals surface area contributed by atoms with Crippen LogP contribution in [0.5, 0.6) is 5.75 Å². The van der Waals surface area contributed by atoms with Crippen molar-refractivity contribution in [3.8, 4) is 5.75 Å². The van der Waals surface area contributed by atoms with Gasteiger partial charge in [0.05, 0.1) is 12.7 Å². The Morgan fingerprint density at radius 1 is 1.44 bits per heavy atom. The predicted molar refractivity (Wildman–Crippen MR) is 65.2 cm³/mol. The molecule has 1 aromatic rings.